The highest BCUT2D eigenvalue weighted by Crippen LogP contribution is 2.36. The van der Waals surface area contributed by atoms with Crippen molar-refractivity contribution < 1.29 is 35.7 Å². The molecule has 5 rings (SSSR count). The van der Waals surface area contributed by atoms with Crippen molar-refractivity contribution in [3.8, 4) is 0 Å². The van der Waals surface area contributed by atoms with Crippen molar-refractivity contribution in [1.29, 1.82) is 0 Å². The minimum absolute atomic E-state index is 0.00511. The van der Waals surface area contributed by atoms with Crippen LogP contribution < -0.4 is 10.2 Å². The molecule has 0 unspecified atom stereocenters. The second kappa shape index (κ2) is 11.3. The Labute approximate surface area is 243 Å². The summed E-state index contributed by atoms with van der Waals surface area (Å²) in [6.07, 6.45) is 0. The Morgan fingerprint density at radius 3 is 1.98 bits per heavy atom. The van der Waals surface area contributed by atoms with E-state index in [2.05, 4.69) is 15.9 Å². The number of halogens is 1. The predicted octanol–water partition coefficient (Wildman–Crippen LogP) is 1.33. The van der Waals surface area contributed by atoms with Gasteiger partial charge in [0.25, 0.3) is 0 Å². The molecule has 0 saturated carbocycles. The summed E-state index contributed by atoms with van der Waals surface area (Å²) >= 11 is 3.32. The molecule has 3 saturated heterocycles. The molecule has 3 aliphatic rings. The van der Waals surface area contributed by atoms with E-state index in [9.17, 15) is 26.4 Å². The van der Waals surface area contributed by atoms with Gasteiger partial charge in [-0.15, -0.1) is 0 Å². The van der Waals surface area contributed by atoms with Crippen molar-refractivity contribution in [2.45, 2.75) is 52.0 Å². The molecule has 3 fully saturated rings. The molecule has 2 aromatic carbocycles. The van der Waals surface area contributed by atoms with Gasteiger partial charge in [-0.3, -0.25) is 9.59 Å². The fourth-order valence-electron chi connectivity index (χ4n) is 4.28. The quantitative estimate of drug-likeness (QED) is 0.476. The second-order valence-electron chi connectivity index (χ2n) is 10.8. The van der Waals surface area contributed by atoms with Crippen LogP contribution in [0, 0.1) is 0 Å². The van der Waals surface area contributed by atoms with Gasteiger partial charge in [0.1, 0.15) is 5.75 Å². The Bertz CT molecular complexity index is 1520. The highest BCUT2D eigenvalue weighted by atomic mass is 79.9. The van der Waals surface area contributed by atoms with Crippen LogP contribution in [0.25, 0.3) is 0 Å². The van der Waals surface area contributed by atoms with Gasteiger partial charge >= 0.3 is 17.3 Å². The molecular formula is C25H31BBrN3O8S2. The predicted molar refractivity (Wildman–Crippen MR) is 153 cm³/mol. The molecule has 0 radical (unpaired) electrons. The van der Waals surface area contributed by atoms with E-state index in [-0.39, 0.29) is 37.7 Å². The van der Waals surface area contributed by atoms with Gasteiger partial charge in [-0.1, -0.05) is 52.3 Å². The monoisotopic (exact) mass is 655 g/mol. The Balaban J connectivity index is 0.000000201. The minimum Gasteiger partial charge on any atom is -0.399 e. The molecule has 1 amide bonds. The number of benzene rings is 2. The standard InChI is InChI=1S/C15H21BN2O5S.C10H10BrNO3S/c1-14(2)15(3,4)23-16(22-14)12-7-5-6-11(8-12)9-18-10-13(19)17-24(18,20)21;11-9-3-1-2-8(4-9)5-12-6-10(13)7-16(12,14)15/h5-8H,9-10H2,1-4H3,(H,17,19);1-4H,5-7H2. The molecule has 0 aliphatic carbocycles. The molecule has 0 bridgehead atoms. The van der Waals surface area contributed by atoms with Gasteiger partial charge in [-0.2, -0.15) is 17.0 Å². The third-order valence-electron chi connectivity index (χ3n) is 7.08. The smallest absolute Gasteiger partial charge is 0.399 e. The van der Waals surface area contributed by atoms with E-state index in [4.69, 9.17) is 9.31 Å². The van der Waals surface area contributed by atoms with Crippen molar-refractivity contribution in [2.24, 2.45) is 0 Å². The first-order valence-electron chi connectivity index (χ1n) is 12.5. The maximum atomic E-state index is 11.8. The van der Waals surface area contributed by atoms with Crippen LogP contribution in [-0.2, 0) is 52.2 Å². The number of hydrogen-bond donors (Lipinski definition) is 1. The van der Waals surface area contributed by atoms with Gasteiger partial charge < -0.3 is 9.31 Å². The van der Waals surface area contributed by atoms with Gasteiger partial charge in [-0.25, -0.2) is 13.1 Å². The van der Waals surface area contributed by atoms with Crippen LogP contribution in [0.1, 0.15) is 38.8 Å². The number of hydrogen-bond acceptors (Lipinski definition) is 8. The average Bonchev–Trinajstić information content (AvgIpc) is 3.32. The summed E-state index contributed by atoms with van der Waals surface area (Å²) in [5.41, 5.74) is 1.57. The van der Waals surface area contributed by atoms with Gasteiger partial charge in [-0.05, 0) is 56.4 Å². The maximum Gasteiger partial charge on any atom is 0.494 e. The number of carbonyl (C=O) groups is 2. The van der Waals surface area contributed by atoms with E-state index >= 15 is 0 Å². The van der Waals surface area contributed by atoms with Crippen LogP contribution in [0.4, 0.5) is 0 Å². The molecule has 1 N–H and O–H groups in total. The number of rotatable bonds is 5. The Hall–Kier alpha value is -2.14. The largest absolute Gasteiger partial charge is 0.494 e. The van der Waals surface area contributed by atoms with Crippen molar-refractivity contribution >= 4 is 60.4 Å². The molecule has 2 aromatic rings. The van der Waals surface area contributed by atoms with E-state index in [1.54, 1.807) is 0 Å². The molecule has 3 heterocycles. The number of nitrogens with one attached hydrogen (secondary N) is 1. The molecule has 40 heavy (non-hydrogen) atoms. The van der Waals surface area contributed by atoms with E-state index in [0.717, 1.165) is 25.4 Å². The minimum atomic E-state index is -3.73. The topological polar surface area (TPSA) is 139 Å². The molecule has 0 spiro atoms. The second-order valence-corrected chi connectivity index (χ2v) is 15.4. The lowest BCUT2D eigenvalue weighted by Crippen LogP contribution is -2.41. The number of carbonyl (C=O) groups excluding carboxylic acids is 2. The van der Waals surface area contributed by atoms with Crippen LogP contribution in [0.5, 0.6) is 0 Å². The summed E-state index contributed by atoms with van der Waals surface area (Å²) in [6.45, 7) is 8.12. The Kier molecular flexibility index (Phi) is 8.68. The van der Waals surface area contributed by atoms with E-state index in [1.165, 1.54) is 4.31 Å². The molecule has 216 valence electrons. The molecule has 0 aromatic heterocycles. The molecule has 0 atom stereocenters. The third-order valence-corrected chi connectivity index (χ3v) is 10.7. The molecule has 3 aliphatic heterocycles. The van der Waals surface area contributed by atoms with E-state index in [0.29, 0.717) is 0 Å². The number of Topliss-reactive ketones (excluding diaryl/α,β-unsaturated/α-hetero) is 1. The van der Waals surface area contributed by atoms with E-state index < -0.39 is 44.5 Å². The highest BCUT2D eigenvalue weighted by molar-refractivity contribution is 9.10. The first-order chi connectivity index (χ1) is 18.5. The summed E-state index contributed by atoms with van der Waals surface area (Å²) in [5, 5.41) is 0. The summed E-state index contributed by atoms with van der Waals surface area (Å²) in [4.78, 5) is 22.4. The van der Waals surface area contributed by atoms with Gasteiger partial charge in [0.2, 0.25) is 15.9 Å². The third kappa shape index (κ3) is 7.01. The van der Waals surface area contributed by atoms with Crippen LogP contribution in [0.2, 0.25) is 0 Å². The highest BCUT2D eigenvalue weighted by Gasteiger charge is 2.51. The number of amides is 1. The van der Waals surface area contributed by atoms with Gasteiger partial charge in [0, 0.05) is 17.6 Å². The zero-order valence-electron chi connectivity index (χ0n) is 22.6. The molecule has 15 heteroatoms. The normalized spacial score (nSPS) is 23.1. The zero-order chi connectivity index (χ0) is 29.5. The van der Waals surface area contributed by atoms with Crippen molar-refractivity contribution in [2.75, 3.05) is 18.8 Å². The lowest BCUT2D eigenvalue weighted by molar-refractivity contribution is -0.118. The summed E-state index contributed by atoms with van der Waals surface area (Å²) in [5.74, 6) is -1.12. The van der Waals surface area contributed by atoms with Crippen LogP contribution in [-0.4, -0.2) is 74.3 Å². The molecular weight excluding hydrogens is 625 g/mol. The van der Waals surface area contributed by atoms with Gasteiger partial charge in [0.05, 0.1) is 24.3 Å². The fourth-order valence-corrected chi connectivity index (χ4v) is 7.18. The van der Waals surface area contributed by atoms with Crippen LogP contribution >= 0.6 is 15.9 Å². The number of nitrogens with zero attached hydrogens (tertiary/aromatic N) is 2. The first kappa shape index (κ1) is 30.8. The Morgan fingerprint density at radius 2 is 1.45 bits per heavy atom. The SMILES string of the molecule is CC1(C)OB(c2cccc(CN3CC(=O)NS3(=O)=O)c2)OC1(C)C.O=C1CN(Cc2cccc(Br)c2)S(=O)(=O)C1. The van der Waals surface area contributed by atoms with Gasteiger partial charge in [0.15, 0.2) is 5.78 Å². The summed E-state index contributed by atoms with van der Waals surface area (Å²) in [7, 11) is -7.62. The molecule has 11 nitrogen and oxygen atoms in total. The summed E-state index contributed by atoms with van der Waals surface area (Å²) < 4.78 is 64.0. The van der Waals surface area contributed by atoms with Crippen molar-refractivity contribution in [1.82, 2.24) is 13.3 Å². The summed E-state index contributed by atoms with van der Waals surface area (Å²) in [6, 6.07) is 14.8. The fraction of sp³-hybridized carbons (Fsp3) is 0.440. The van der Waals surface area contributed by atoms with Crippen LogP contribution in [0.3, 0.4) is 0 Å². The first-order valence-corrected chi connectivity index (χ1v) is 16.3. The van der Waals surface area contributed by atoms with E-state index in [1.807, 2.05) is 80.9 Å². The number of sulfonamides is 1. The lowest BCUT2D eigenvalue weighted by Gasteiger charge is -2.32. The zero-order valence-corrected chi connectivity index (χ0v) is 25.8. The van der Waals surface area contributed by atoms with Crippen molar-refractivity contribution in [3.63, 3.8) is 0 Å². The van der Waals surface area contributed by atoms with Crippen molar-refractivity contribution in [3.05, 3.63) is 64.1 Å². The average molecular weight is 656 g/mol. The number of ketones is 1. The van der Waals surface area contributed by atoms with Crippen LogP contribution in [0.15, 0.2) is 53.0 Å². The maximum absolute atomic E-state index is 11.8. The Morgan fingerprint density at radius 1 is 0.875 bits per heavy atom. The lowest BCUT2D eigenvalue weighted by atomic mass is 9.78.